The molecule has 0 saturated heterocycles. The number of nitrogens with one attached hydrogen (secondary N) is 1. The molecule has 5 heteroatoms. The van der Waals surface area contributed by atoms with Gasteiger partial charge >= 0.3 is 5.97 Å². The van der Waals surface area contributed by atoms with Crippen LogP contribution in [-0.4, -0.2) is 25.0 Å². The molecular weight excluding hydrogens is 222 g/mol. The van der Waals surface area contributed by atoms with Gasteiger partial charge in [0.05, 0.1) is 19.3 Å². The third kappa shape index (κ3) is 5.55. The van der Waals surface area contributed by atoms with E-state index in [4.69, 9.17) is 9.15 Å². The Morgan fingerprint density at radius 3 is 3.00 bits per heavy atom. The molecule has 0 aliphatic heterocycles. The Hall–Kier alpha value is -2.04. The van der Waals surface area contributed by atoms with Crippen LogP contribution in [0.5, 0.6) is 0 Å². The summed E-state index contributed by atoms with van der Waals surface area (Å²) >= 11 is 0. The van der Waals surface area contributed by atoms with Gasteiger partial charge in [-0.1, -0.05) is 0 Å². The Labute approximate surface area is 99.4 Å². The summed E-state index contributed by atoms with van der Waals surface area (Å²) in [6.45, 7) is 2.36. The Morgan fingerprint density at radius 1 is 1.53 bits per heavy atom. The van der Waals surface area contributed by atoms with Crippen molar-refractivity contribution in [3.8, 4) is 0 Å². The van der Waals surface area contributed by atoms with Gasteiger partial charge in [-0.3, -0.25) is 9.59 Å². The lowest BCUT2D eigenvalue weighted by Gasteiger charge is -2.02. The molecule has 1 aromatic heterocycles. The van der Waals surface area contributed by atoms with Crippen molar-refractivity contribution in [2.45, 2.75) is 13.3 Å². The molecule has 1 rings (SSSR count). The van der Waals surface area contributed by atoms with Crippen LogP contribution in [0.3, 0.4) is 0 Å². The first-order chi connectivity index (χ1) is 8.22. The fraction of sp³-hybridized carbons (Fsp3) is 0.333. The van der Waals surface area contributed by atoms with Gasteiger partial charge in [0.25, 0.3) is 0 Å². The highest BCUT2D eigenvalue weighted by molar-refractivity contribution is 5.91. The average Bonchev–Trinajstić information content (AvgIpc) is 2.79. The molecule has 0 fully saturated rings. The zero-order valence-electron chi connectivity index (χ0n) is 9.64. The highest BCUT2D eigenvalue weighted by atomic mass is 16.5. The fourth-order valence-corrected chi connectivity index (χ4v) is 1.12. The molecule has 0 aliphatic rings. The Kier molecular flexibility index (Phi) is 5.57. The first kappa shape index (κ1) is 13.0. The third-order valence-corrected chi connectivity index (χ3v) is 1.88. The van der Waals surface area contributed by atoms with E-state index in [-0.39, 0.29) is 24.8 Å². The van der Waals surface area contributed by atoms with E-state index in [1.165, 1.54) is 12.3 Å². The molecule has 0 bridgehead atoms. The van der Waals surface area contributed by atoms with Gasteiger partial charge in [-0.15, -0.1) is 0 Å². The van der Waals surface area contributed by atoms with E-state index < -0.39 is 0 Å². The summed E-state index contributed by atoms with van der Waals surface area (Å²) in [6.07, 6.45) is 4.61. The molecule has 0 saturated carbocycles. The summed E-state index contributed by atoms with van der Waals surface area (Å²) in [7, 11) is 0. The van der Waals surface area contributed by atoms with Crippen LogP contribution >= 0.6 is 0 Å². The lowest BCUT2D eigenvalue weighted by Crippen LogP contribution is -2.24. The van der Waals surface area contributed by atoms with Crippen molar-refractivity contribution in [2.24, 2.45) is 0 Å². The number of esters is 1. The molecule has 92 valence electrons. The molecule has 1 aromatic rings. The maximum Gasteiger partial charge on any atom is 0.307 e. The minimum Gasteiger partial charge on any atom is -0.466 e. The van der Waals surface area contributed by atoms with Crippen molar-refractivity contribution >= 4 is 18.0 Å². The minimum atomic E-state index is -0.317. The minimum absolute atomic E-state index is 0.175. The van der Waals surface area contributed by atoms with E-state index in [9.17, 15) is 9.59 Å². The SMILES string of the molecule is CCOC(=O)CCNC(=O)/C=C/c1ccco1. The molecular formula is C12H15NO4. The molecule has 0 atom stereocenters. The Morgan fingerprint density at radius 2 is 2.35 bits per heavy atom. The summed E-state index contributed by atoms with van der Waals surface area (Å²) in [5.41, 5.74) is 0. The largest absolute Gasteiger partial charge is 0.466 e. The van der Waals surface area contributed by atoms with Gasteiger partial charge in [-0.25, -0.2) is 0 Å². The smallest absolute Gasteiger partial charge is 0.307 e. The number of ether oxygens (including phenoxy) is 1. The number of amides is 1. The molecule has 0 aromatic carbocycles. The zero-order chi connectivity index (χ0) is 12.5. The maximum atomic E-state index is 11.3. The van der Waals surface area contributed by atoms with Gasteiger partial charge in [0.1, 0.15) is 5.76 Å². The van der Waals surface area contributed by atoms with Crippen LogP contribution in [0.4, 0.5) is 0 Å². The molecule has 0 radical (unpaired) electrons. The summed E-state index contributed by atoms with van der Waals surface area (Å²) < 4.78 is 9.74. The number of hydrogen-bond acceptors (Lipinski definition) is 4. The first-order valence-corrected chi connectivity index (χ1v) is 5.37. The fourth-order valence-electron chi connectivity index (χ4n) is 1.12. The lowest BCUT2D eigenvalue weighted by atomic mass is 10.3. The van der Waals surface area contributed by atoms with Crippen LogP contribution in [0.1, 0.15) is 19.1 Å². The zero-order valence-corrected chi connectivity index (χ0v) is 9.64. The molecule has 1 N–H and O–H groups in total. The van der Waals surface area contributed by atoms with E-state index in [0.717, 1.165) is 0 Å². The second-order valence-corrected chi connectivity index (χ2v) is 3.19. The van der Waals surface area contributed by atoms with Gasteiger partial charge < -0.3 is 14.5 Å². The number of carbonyl (C=O) groups is 2. The number of carbonyl (C=O) groups excluding carboxylic acids is 2. The predicted molar refractivity (Wildman–Crippen MR) is 62.0 cm³/mol. The van der Waals surface area contributed by atoms with Gasteiger partial charge in [-0.2, -0.15) is 0 Å². The van der Waals surface area contributed by atoms with Crippen molar-refractivity contribution in [3.05, 3.63) is 30.2 Å². The molecule has 1 heterocycles. The molecule has 1 amide bonds. The van der Waals surface area contributed by atoms with Gasteiger partial charge in [0.15, 0.2) is 0 Å². The van der Waals surface area contributed by atoms with Crippen molar-refractivity contribution in [3.63, 3.8) is 0 Å². The number of hydrogen-bond donors (Lipinski definition) is 1. The van der Waals surface area contributed by atoms with E-state index >= 15 is 0 Å². The Bertz CT molecular complexity index is 381. The van der Waals surface area contributed by atoms with Crippen molar-refractivity contribution in [1.29, 1.82) is 0 Å². The summed E-state index contributed by atoms with van der Waals surface area (Å²) in [5.74, 6) is 0.0130. The lowest BCUT2D eigenvalue weighted by molar-refractivity contribution is -0.142. The molecule has 17 heavy (non-hydrogen) atoms. The average molecular weight is 237 g/mol. The topological polar surface area (TPSA) is 68.5 Å². The van der Waals surface area contributed by atoms with Crippen molar-refractivity contribution in [1.82, 2.24) is 5.32 Å². The maximum absolute atomic E-state index is 11.3. The van der Waals surface area contributed by atoms with Crippen molar-refractivity contribution in [2.75, 3.05) is 13.2 Å². The van der Waals surface area contributed by atoms with E-state index in [1.54, 1.807) is 25.1 Å². The highest BCUT2D eigenvalue weighted by Gasteiger charge is 2.02. The van der Waals surface area contributed by atoms with Gasteiger partial charge in [0.2, 0.25) is 5.91 Å². The van der Waals surface area contributed by atoms with Crippen LogP contribution in [0, 0.1) is 0 Å². The van der Waals surface area contributed by atoms with Crippen molar-refractivity contribution < 1.29 is 18.7 Å². The normalized spacial score (nSPS) is 10.4. The molecule has 5 nitrogen and oxygen atoms in total. The Balaban J connectivity index is 2.19. The third-order valence-electron chi connectivity index (χ3n) is 1.88. The van der Waals surface area contributed by atoms with Crippen LogP contribution in [0.2, 0.25) is 0 Å². The van der Waals surface area contributed by atoms with Gasteiger partial charge in [0, 0.05) is 12.6 Å². The van der Waals surface area contributed by atoms with Crippen LogP contribution in [-0.2, 0) is 14.3 Å². The standard InChI is InChI=1S/C12H15NO4/c1-2-16-12(15)7-8-13-11(14)6-5-10-4-3-9-17-10/h3-6,9H,2,7-8H2,1H3,(H,13,14)/b6-5+. The van der Waals surface area contributed by atoms with E-state index in [0.29, 0.717) is 12.4 Å². The molecule has 0 unspecified atom stereocenters. The van der Waals surface area contributed by atoms with Crippen LogP contribution in [0.15, 0.2) is 28.9 Å². The first-order valence-electron chi connectivity index (χ1n) is 5.37. The predicted octanol–water partition coefficient (Wildman–Crippen LogP) is 1.36. The van der Waals surface area contributed by atoms with E-state index in [2.05, 4.69) is 5.32 Å². The summed E-state index contributed by atoms with van der Waals surface area (Å²) in [6, 6.07) is 3.47. The second kappa shape index (κ2) is 7.27. The monoisotopic (exact) mass is 237 g/mol. The number of furan rings is 1. The van der Waals surface area contributed by atoms with Crippen LogP contribution in [0.25, 0.3) is 6.08 Å². The number of rotatable bonds is 6. The highest BCUT2D eigenvalue weighted by Crippen LogP contribution is 2.01. The molecule has 0 aliphatic carbocycles. The molecule has 0 spiro atoms. The van der Waals surface area contributed by atoms with E-state index in [1.807, 2.05) is 0 Å². The summed E-state index contributed by atoms with van der Waals surface area (Å²) in [4.78, 5) is 22.2. The van der Waals surface area contributed by atoms with Gasteiger partial charge in [-0.05, 0) is 25.1 Å². The quantitative estimate of drug-likeness (QED) is 0.599. The summed E-state index contributed by atoms with van der Waals surface area (Å²) in [5, 5.41) is 2.57. The second-order valence-electron chi connectivity index (χ2n) is 3.19. The van der Waals surface area contributed by atoms with Crippen LogP contribution < -0.4 is 5.32 Å².